The normalized spacial score (nSPS) is 16.9. The highest BCUT2D eigenvalue weighted by Crippen LogP contribution is 2.27. The van der Waals surface area contributed by atoms with Crippen molar-refractivity contribution in [3.63, 3.8) is 0 Å². The van der Waals surface area contributed by atoms with Gasteiger partial charge in [0.2, 0.25) is 0 Å². The van der Waals surface area contributed by atoms with Crippen molar-refractivity contribution in [1.82, 2.24) is 9.88 Å². The van der Waals surface area contributed by atoms with Crippen LogP contribution in [0.3, 0.4) is 0 Å². The average Bonchev–Trinajstić information content (AvgIpc) is 2.81. The molecule has 2 rings (SSSR count). The molecule has 1 fully saturated rings. The molecule has 0 aromatic carbocycles. The molecule has 1 saturated carbocycles. The van der Waals surface area contributed by atoms with E-state index < -0.39 is 0 Å². The average molecular weight is 234 g/mol. The van der Waals surface area contributed by atoms with Gasteiger partial charge in [-0.1, -0.05) is 32.8 Å². The third-order valence-electron chi connectivity index (χ3n) is 3.47. The largest absolute Gasteiger partial charge is 0.312 e. The van der Waals surface area contributed by atoms with Crippen LogP contribution in [0.4, 0.5) is 0 Å². The van der Waals surface area contributed by atoms with Gasteiger partial charge in [-0.25, -0.2) is 0 Å². The van der Waals surface area contributed by atoms with Crippen molar-refractivity contribution in [3.8, 4) is 0 Å². The number of pyridine rings is 1. The van der Waals surface area contributed by atoms with E-state index in [1.165, 1.54) is 12.8 Å². The molecule has 0 aliphatic heterocycles. The van der Waals surface area contributed by atoms with Crippen LogP contribution in [0, 0.1) is 0 Å². The molecule has 94 valence electrons. The van der Waals surface area contributed by atoms with Gasteiger partial charge in [0.15, 0.2) is 0 Å². The minimum absolute atomic E-state index is 0.188. The quantitative estimate of drug-likeness (QED) is 0.868. The van der Waals surface area contributed by atoms with Crippen molar-refractivity contribution in [1.29, 1.82) is 0 Å². The summed E-state index contributed by atoms with van der Waals surface area (Å²) in [6.07, 6.45) is 6.76. The van der Waals surface area contributed by atoms with Crippen molar-refractivity contribution in [2.45, 2.75) is 58.2 Å². The number of hydrogen-bond donors (Lipinski definition) is 1. The second-order valence-corrected chi connectivity index (χ2v) is 5.22. The Labute approximate surface area is 103 Å². The predicted molar refractivity (Wildman–Crippen MR) is 70.2 cm³/mol. The zero-order chi connectivity index (χ0) is 12.3. The Hall–Kier alpha value is -1.09. The van der Waals surface area contributed by atoms with Gasteiger partial charge in [0.05, 0.1) is 0 Å². The van der Waals surface area contributed by atoms with Gasteiger partial charge in [-0.05, 0) is 18.9 Å². The molecule has 1 N–H and O–H groups in total. The Morgan fingerprint density at radius 1 is 1.41 bits per heavy atom. The Bertz CT molecular complexity index is 416. The third-order valence-corrected chi connectivity index (χ3v) is 3.47. The van der Waals surface area contributed by atoms with Gasteiger partial charge in [-0.15, -0.1) is 0 Å². The lowest BCUT2D eigenvalue weighted by Crippen LogP contribution is -2.30. The fourth-order valence-corrected chi connectivity index (χ4v) is 2.48. The lowest BCUT2D eigenvalue weighted by Gasteiger charge is -2.15. The van der Waals surface area contributed by atoms with Crippen LogP contribution >= 0.6 is 0 Å². The van der Waals surface area contributed by atoms with Crippen molar-refractivity contribution in [2.24, 2.45) is 0 Å². The highest BCUT2D eigenvalue weighted by molar-refractivity contribution is 5.11. The first-order valence-corrected chi connectivity index (χ1v) is 6.62. The van der Waals surface area contributed by atoms with Crippen molar-refractivity contribution in [3.05, 3.63) is 34.2 Å². The zero-order valence-electron chi connectivity index (χ0n) is 10.8. The second-order valence-electron chi connectivity index (χ2n) is 5.22. The Morgan fingerprint density at radius 3 is 2.76 bits per heavy atom. The van der Waals surface area contributed by atoms with E-state index in [2.05, 4.69) is 19.2 Å². The standard InChI is InChI=1S/C14H22N2O/c1-11(2)15-10-12-6-5-9-16(14(12)17)13-7-3-4-8-13/h5-6,9,11,13,15H,3-4,7-8,10H2,1-2H3. The monoisotopic (exact) mass is 234 g/mol. The number of rotatable bonds is 4. The highest BCUT2D eigenvalue weighted by Gasteiger charge is 2.18. The summed E-state index contributed by atoms with van der Waals surface area (Å²) in [5, 5.41) is 3.31. The molecule has 0 amide bonds. The molecule has 3 nitrogen and oxygen atoms in total. The number of nitrogens with one attached hydrogen (secondary N) is 1. The molecular weight excluding hydrogens is 212 g/mol. The van der Waals surface area contributed by atoms with E-state index >= 15 is 0 Å². The van der Waals surface area contributed by atoms with E-state index in [0.717, 1.165) is 18.4 Å². The first kappa shape index (κ1) is 12.4. The minimum atomic E-state index is 0.188. The molecule has 0 bridgehead atoms. The molecule has 1 heterocycles. The van der Waals surface area contributed by atoms with Gasteiger partial charge in [-0.3, -0.25) is 4.79 Å². The van der Waals surface area contributed by atoms with E-state index in [4.69, 9.17) is 0 Å². The number of aromatic nitrogens is 1. The summed E-state index contributed by atoms with van der Waals surface area (Å²) in [6, 6.07) is 4.77. The molecule has 0 spiro atoms. The van der Waals surface area contributed by atoms with Crippen LogP contribution in [-0.2, 0) is 6.54 Å². The highest BCUT2D eigenvalue weighted by atomic mass is 16.1. The van der Waals surface area contributed by atoms with E-state index in [1.807, 2.05) is 22.9 Å². The summed E-state index contributed by atoms with van der Waals surface area (Å²) in [5.41, 5.74) is 1.07. The Morgan fingerprint density at radius 2 is 2.12 bits per heavy atom. The summed E-state index contributed by atoms with van der Waals surface area (Å²) >= 11 is 0. The fraction of sp³-hybridized carbons (Fsp3) is 0.643. The van der Waals surface area contributed by atoms with Gasteiger partial charge >= 0.3 is 0 Å². The summed E-state index contributed by atoms with van der Waals surface area (Å²) in [7, 11) is 0. The molecule has 0 unspecified atom stereocenters. The maximum absolute atomic E-state index is 12.3. The molecule has 3 heteroatoms. The topological polar surface area (TPSA) is 34.0 Å². The maximum atomic E-state index is 12.3. The number of hydrogen-bond acceptors (Lipinski definition) is 2. The lowest BCUT2D eigenvalue weighted by molar-refractivity contribution is 0.494. The van der Waals surface area contributed by atoms with Crippen LogP contribution in [0.25, 0.3) is 0 Å². The van der Waals surface area contributed by atoms with E-state index in [0.29, 0.717) is 18.6 Å². The van der Waals surface area contributed by atoms with Gasteiger partial charge in [0.1, 0.15) is 0 Å². The van der Waals surface area contributed by atoms with Gasteiger partial charge in [-0.2, -0.15) is 0 Å². The second kappa shape index (κ2) is 5.50. The molecule has 0 atom stereocenters. The molecular formula is C14H22N2O. The molecule has 0 radical (unpaired) electrons. The molecule has 1 aliphatic rings. The molecule has 17 heavy (non-hydrogen) atoms. The summed E-state index contributed by atoms with van der Waals surface area (Å²) in [4.78, 5) is 12.3. The Kier molecular flexibility index (Phi) is 4.00. The molecule has 0 saturated heterocycles. The van der Waals surface area contributed by atoms with Crippen LogP contribution in [0.5, 0.6) is 0 Å². The summed E-state index contributed by atoms with van der Waals surface area (Å²) < 4.78 is 1.93. The van der Waals surface area contributed by atoms with Crippen molar-refractivity contribution >= 4 is 0 Å². The predicted octanol–water partition coefficient (Wildman–Crippen LogP) is 2.46. The number of nitrogens with zero attached hydrogens (tertiary/aromatic N) is 1. The van der Waals surface area contributed by atoms with Crippen molar-refractivity contribution < 1.29 is 0 Å². The van der Waals surface area contributed by atoms with Gasteiger partial charge in [0.25, 0.3) is 5.56 Å². The van der Waals surface area contributed by atoms with Crippen LogP contribution < -0.4 is 10.9 Å². The lowest BCUT2D eigenvalue weighted by atomic mass is 10.2. The van der Waals surface area contributed by atoms with Crippen LogP contribution in [-0.4, -0.2) is 10.6 Å². The summed E-state index contributed by atoms with van der Waals surface area (Å²) in [6.45, 7) is 4.86. The Balaban J connectivity index is 2.17. The maximum Gasteiger partial charge on any atom is 0.255 e. The fourth-order valence-electron chi connectivity index (χ4n) is 2.48. The first-order chi connectivity index (χ1) is 8.18. The third kappa shape index (κ3) is 2.97. The van der Waals surface area contributed by atoms with Crippen LogP contribution in [0.15, 0.2) is 23.1 Å². The van der Waals surface area contributed by atoms with E-state index in [9.17, 15) is 4.79 Å². The van der Waals surface area contributed by atoms with E-state index in [-0.39, 0.29) is 5.56 Å². The molecule has 1 aliphatic carbocycles. The van der Waals surface area contributed by atoms with Crippen molar-refractivity contribution in [2.75, 3.05) is 0 Å². The zero-order valence-corrected chi connectivity index (χ0v) is 10.8. The van der Waals surface area contributed by atoms with Crippen LogP contribution in [0.1, 0.15) is 51.1 Å². The SMILES string of the molecule is CC(C)NCc1cccn(C2CCCC2)c1=O. The van der Waals surface area contributed by atoms with E-state index in [1.54, 1.807) is 0 Å². The molecule has 1 aromatic heterocycles. The van der Waals surface area contributed by atoms with Gasteiger partial charge in [0, 0.05) is 30.4 Å². The summed E-state index contributed by atoms with van der Waals surface area (Å²) in [5.74, 6) is 0. The van der Waals surface area contributed by atoms with Crippen LogP contribution in [0.2, 0.25) is 0 Å². The van der Waals surface area contributed by atoms with Gasteiger partial charge < -0.3 is 9.88 Å². The minimum Gasteiger partial charge on any atom is -0.312 e. The molecule has 1 aromatic rings. The first-order valence-electron chi connectivity index (χ1n) is 6.62. The smallest absolute Gasteiger partial charge is 0.255 e.